The number of alkyl halides is 15. The molecule has 1 N–H and O–H groups in total. The van der Waals surface area contributed by atoms with Crippen molar-refractivity contribution in [2.45, 2.75) is 95.6 Å². The van der Waals surface area contributed by atoms with Crippen molar-refractivity contribution in [3.05, 3.63) is 0 Å². The lowest BCUT2D eigenvalue weighted by molar-refractivity contribution is -0.317. The Morgan fingerprint density at radius 1 is 0.644 bits per heavy atom. The molecule has 264 valence electrons. The summed E-state index contributed by atoms with van der Waals surface area (Å²) in [6.45, 7) is 1.33. The molecule has 4 unspecified atom stereocenters. The monoisotopic (exact) mass is 700 g/mol. The van der Waals surface area contributed by atoms with Crippen molar-refractivity contribution in [1.82, 2.24) is 0 Å². The quantitative estimate of drug-likeness (QED) is 0.140. The van der Waals surface area contributed by atoms with Crippen molar-refractivity contribution in [2.24, 2.45) is 17.3 Å². The highest BCUT2D eigenvalue weighted by atomic mass is 19.4. The van der Waals surface area contributed by atoms with Gasteiger partial charge in [0.25, 0.3) is 12.2 Å². The maximum atomic E-state index is 13.5. The van der Waals surface area contributed by atoms with Gasteiger partial charge in [-0.25, -0.2) is 0 Å². The summed E-state index contributed by atoms with van der Waals surface area (Å²) in [5.41, 5.74) is -6.47. The summed E-state index contributed by atoms with van der Waals surface area (Å²) < 4.78 is 207. The van der Waals surface area contributed by atoms with E-state index in [0.717, 1.165) is 0 Å². The Morgan fingerprint density at radius 3 is 1.29 bits per heavy atom. The van der Waals surface area contributed by atoms with Crippen molar-refractivity contribution in [3.63, 3.8) is 0 Å². The number of halogens is 15. The maximum Gasteiger partial charge on any atom is 0.434 e. The number of carbonyl (C=O) groups excluding carboxylic acids is 3. The molecule has 0 spiro atoms. The van der Waals surface area contributed by atoms with E-state index in [2.05, 4.69) is 9.47 Å². The Morgan fingerprint density at radius 2 is 1.00 bits per heavy atom. The molecule has 0 aromatic heterocycles. The van der Waals surface area contributed by atoms with E-state index in [1.165, 1.54) is 0 Å². The van der Waals surface area contributed by atoms with Crippen LogP contribution in [0.25, 0.3) is 0 Å². The zero-order valence-corrected chi connectivity index (χ0v) is 22.9. The van der Waals surface area contributed by atoms with E-state index in [1.54, 1.807) is 0 Å². The molecule has 0 aliphatic carbocycles. The molecule has 8 nitrogen and oxygen atoms in total. The third-order valence-corrected chi connectivity index (χ3v) is 6.23. The summed E-state index contributed by atoms with van der Waals surface area (Å²) in [6, 6.07) is 0. The van der Waals surface area contributed by atoms with Gasteiger partial charge in [-0.3, -0.25) is 19.2 Å². The first-order valence-electron chi connectivity index (χ1n) is 11.8. The number of carboxylic acids is 1. The Kier molecular flexibility index (Phi) is 12.7. The van der Waals surface area contributed by atoms with Gasteiger partial charge < -0.3 is 19.3 Å². The molecule has 0 rings (SSSR count). The summed E-state index contributed by atoms with van der Waals surface area (Å²) in [6.07, 6.45) is -45.9. The van der Waals surface area contributed by atoms with Crippen LogP contribution in [0.2, 0.25) is 0 Å². The molecule has 0 aliphatic rings. The van der Waals surface area contributed by atoms with Gasteiger partial charge in [-0.15, -0.1) is 0 Å². The SMILES string of the molecule is CC(=O)OC(C)(CCC(C)(C(=O)O)C(F)(F)F)CC(C(=O)OC(C(F)(F)F)C(F)(F)F)C(C)C(=O)OC(C(F)(F)F)C(F)(F)F. The first kappa shape index (κ1) is 41.8. The highest BCUT2D eigenvalue weighted by Gasteiger charge is 2.63. The van der Waals surface area contributed by atoms with E-state index in [9.17, 15) is 85.0 Å². The minimum Gasteiger partial charge on any atom is -0.481 e. The molecule has 0 fully saturated rings. The van der Waals surface area contributed by atoms with Crippen LogP contribution in [0.15, 0.2) is 0 Å². The predicted molar refractivity (Wildman–Crippen MR) is 112 cm³/mol. The number of hydrogen-bond donors (Lipinski definition) is 1. The minimum atomic E-state index is -6.45. The van der Waals surface area contributed by atoms with E-state index in [-0.39, 0.29) is 13.8 Å². The first-order chi connectivity index (χ1) is 19.6. The molecule has 0 amide bonds. The predicted octanol–water partition coefficient (Wildman–Crippen LogP) is 6.46. The molecule has 0 aromatic rings. The fraction of sp³-hybridized carbons (Fsp3) is 0.818. The molecular weight excluding hydrogens is 677 g/mol. The fourth-order valence-corrected chi connectivity index (χ4v) is 3.59. The maximum absolute atomic E-state index is 13.5. The third-order valence-electron chi connectivity index (χ3n) is 6.23. The Labute approximate surface area is 242 Å². The van der Waals surface area contributed by atoms with E-state index in [0.29, 0.717) is 13.8 Å². The summed E-state index contributed by atoms with van der Waals surface area (Å²) in [5.74, 6) is -15.5. The number of aliphatic carboxylic acids is 1. The lowest BCUT2D eigenvalue weighted by Crippen LogP contribution is -2.50. The van der Waals surface area contributed by atoms with Crippen LogP contribution in [0.4, 0.5) is 65.9 Å². The highest BCUT2D eigenvalue weighted by Crippen LogP contribution is 2.45. The van der Waals surface area contributed by atoms with Crippen molar-refractivity contribution in [2.75, 3.05) is 0 Å². The molecule has 0 aliphatic heterocycles. The molecule has 23 heteroatoms. The van der Waals surface area contributed by atoms with Crippen LogP contribution in [0.1, 0.15) is 47.0 Å². The topological polar surface area (TPSA) is 116 Å². The zero-order valence-electron chi connectivity index (χ0n) is 22.9. The van der Waals surface area contributed by atoms with Gasteiger partial charge in [-0.05, 0) is 26.7 Å². The molecule has 4 atom stereocenters. The standard InChI is InChI=1S/C22H23F15O8/c1-8(11(39)43-13(18(23,24)25)19(26,27)28)10(12(40)44-14(20(29,30)31)21(32,33)34)7-16(3,45-9(2)38)5-6-17(4,15(41)42)22(35,36)37/h8,10,13-14H,5-7H2,1-4H3,(H,41,42). The van der Waals surface area contributed by atoms with Crippen LogP contribution in [0, 0.1) is 17.3 Å². The van der Waals surface area contributed by atoms with Gasteiger partial charge in [-0.1, -0.05) is 6.92 Å². The van der Waals surface area contributed by atoms with Gasteiger partial charge >= 0.3 is 54.8 Å². The summed E-state index contributed by atoms with van der Waals surface area (Å²) in [4.78, 5) is 47.9. The number of rotatable bonds is 12. The van der Waals surface area contributed by atoms with E-state index in [1.807, 2.05) is 0 Å². The van der Waals surface area contributed by atoms with Gasteiger partial charge in [-0.2, -0.15) is 65.9 Å². The molecule has 0 saturated carbocycles. The fourth-order valence-electron chi connectivity index (χ4n) is 3.59. The van der Waals surface area contributed by atoms with E-state index < -0.39 is 109 Å². The van der Waals surface area contributed by atoms with Gasteiger partial charge in [0.15, 0.2) is 5.41 Å². The van der Waals surface area contributed by atoms with Crippen LogP contribution in [-0.2, 0) is 33.4 Å². The lowest BCUT2D eigenvalue weighted by atomic mass is 9.76. The van der Waals surface area contributed by atoms with Crippen LogP contribution >= 0.6 is 0 Å². The van der Waals surface area contributed by atoms with E-state index >= 15 is 0 Å². The van der Waals surface area contributed by atoms with Crippen LogP contribution in [0.3, 0.4) is 0 Å². The Bertz CT molecular complexity index is 1050. The molecule has 0 saturated heterocycles. The summed E-state index contributed by atoms with van der Waals surface area (Å²) in [7, 11) is 0. The number of hydrogen-bond acceptors (Lipinski definition) is 7. The van der Waals surface area contributed by atoms with Crippen LogP contribution in [-0.4, -0.2) is 77.7 Å². The summed E-state index contributed by atoms with van der Waals surface area (Å²) in [5, 5.41) is 9.08. The lowest BCUT2D eigenvalue weighted by Gasteiger charge is -2.37. The average Bonchev–Trinajstić information content (AvgIpc) is 2.77. The molecule has 0 bridgehead atoms. The Hall–Kier alpha value is -3.17. The van der Waals surface area contributed by atoms with Crippen LogP contribution < -0.4 is 0 Å². The molecule has 0 heterocycles. The average molecular weight is 700 g/mol. The molecule has 0 aromatic carbocycles. The Balaban J connectivity index is 6.98. The second-order valence-corrected chi connectivity index (χ2v) is 10.1. The van der Waals surface area contributed by atoms with Gasteiger partial charge in [0.2, 0.25) is 0 Å². The molecule has 0 radical (unpaired) electrons. The third kappa shape index (κ3) is 11.6. The minimum absolute atomic E-state index is 0.0981. The molecule has 45 heavy (non-hydrogen) atoms. The van der Waals surface area contributed by atoms with Gasteiger partial charge in [0.1, 0.15) is 5.60 Å². The number of carbonyl (C=O) groups is 4. The van der Waals surface area contributed by atoms with Crippen molar-refractivity contribution >= 4 is 23.9 Å². The largest absolute Gasteiger partial charge is 0.481 e. The zero-order chi connectivity index (χ0) is 36.4. The normalized spacial score (nSPS) is 17.6. The van der Waals surface area contributed by atoms with Crippen LogP contribution in [0.5, 0.6) is 0 Å². The number of carboxylic acid groups (broad SMARTS) is 1. The van der Waals surface area contributed by atoms with Gasteiger partial charge in [0.05, 0.1) is 11.8 Å². The van der Waals surface area contributed by atoms with Gasteiger partial charge in [0, 0.05) is 13.3 Å². The number of esters is 3. The van der Waals surface area contributed by atoms with Crippen molar-refractivity contribution in [1.29, 1.82) is 0 Å². The second-order valence-electron chi connectivity index (χ2n) is 10.1. The smallest absolute Gasteiger partial charge is 0.434 e. The highest BCUT2D eigenvalue weighted by molar-refractivity contribution is 5.82. The van der Waals surface area contributed by atoms with Crippen molar-refractivity contribution < 1.29 is 104 Å². The van der Waals surface area contributed by atoms with Crippen molar-refractivity contribution in [3.8, 4) is 0 Å². The number of ether oxygens (including phenoxy) is 3. The first-order valence-corrected chi connectivity index (χ1v) is 11.8. The molecular formula is C22H23F15O8. The van der Waals surface area contributed by atoms with E-state index in [4.69, 9.17) is 9.84 Å². The summed E-state index contributed by atoms with van der Waals surface area (Å²) >= 11 is 0. The second kappa shape index (κ2) is 13.7.